The molecule has 0 unspecified atom stereocenters. The fourth-order valence-electron chi connectivity index (χ4n) is 2.56. The summed E-state index contributed by atoms with van der Waals surface area (Å²) in [5, 5.41) is 14.0. The van der Waals surface area contributed by atoms with Crippen molar-refractivity contribution in [2.45, 2.75) is 20.8 Å². The van der Waals surface area contributed by atoms with Crippen molar-refractivity contribution >= 4 is 5.97 Å². The number of aromatic carboxylic acids is 1. The average Bonchev–Trinajstić information content (AvgIpc) is 2.96. The first kappa shape index (κ1) is 15.0. The third-order valence-electron chi connectivity index (χ3n) is 3.88. The van der Waals surface area contributed by atoms with Crippen molar-refractivity contribution in [3.8, 4) is 16.9 Å². The van der Waals surface area contributed by atoms with Crippen LogP contribution < -0.4 is 0 Å². The number of carbonyl (C=O) groups is 1. The molecule has 23 heavy (non-hydrogen) atoms. The predicted octanol–water partition coefficient (Wildman–Crippen LogP) is 4.16. The van der Waals surface area contributed by atoms with Gasteiger partial charge in [0.1, 0.15) is 0 Å². The maximum Gasteiger partial charge on any atom is 0.354 e. The molecule has 1 N–H and O–H groups in total. The van der Waals surface area contributed by atoms with Crippen molar-refractivity contribution in [3.05, 3.63) is 70.9 Å². The predicted molar refractivity (Wildman–Crippen MR) is 90.2 cm³/mol. The lowest BCUT2D eigenvalue weighted by Gasteiger charge is -2.05. The topological polar surface area (TPSA) is 55.1 Å². The molecule has 1 aromatic heterocycles. The Hall–Kier alpha value is -2.88. The quantitative estimate of drug-likeness (QED) is 0.790. The molecule has 0 aliphatic carbocycles. The second-order valence-corrected chi connectivity index (χ2v) is 5.79. The summed E-state index contributed by atoms with van der Waals surface area (Å²) in [6.07, 6.45) is 0. The van der Waals surface area contributed by atoms with E-state index in [1.165, 1.54) is 4.68 Å². The summed E-state index contributed by atoms with van der Waals surface area (Å²) in [6, 6.07) is 15.4. The summed E-state index contributed by atoms with van der Waals surface area (Å²) >= 11 is 0. The molecule has 0 fully saturated rings. The molecule has 0 aliphatic rings. The zero-order valence-corrected chi connectivity index (χ0v) is 13.4. The van der Waals surface area contributed by atoms with E-state index in [1.54, 1.807) is 6.07 Å². The first-order chi connectivity index (χ1) is 11.0. The molecule has 3 rings (SSSR count). The van der Waals surface area contributed by atoms with Crippen molar-refractivity contribution in [3.63, 3.8) is 0 Å². The highest BCUT2D eigenvalue weighted by atomic mass is 16.4. The molecule has 0 saturated carbocycles. The number of hydrogen-bond donors (Lipinski definition) is 1. The molecule has 0 saturated heterocycles. The molecule has 4 heteroatoms. The fraction of sp³-hybridized carbons (Fsp3) is 0.158. The van der Waals surface area contributed by atoms with Gasteiger partial charge in [-0.05, 0) is 50.6 Å². The average molecular weight is 306 g/mol. The Bertz CT molecular complexity index is 877. The zero-order valence-electron chi connectivity index (χ0n) is 13.4. The summed E-state index contributed by atoms with van der Waals surface area (Å²) in [7, 11) is 0. The van der Waals surface area contributed by atoms with Crippen molar-refractivity contribution in [2.24, 2.45) is 0 Å². The Morgan fingerprint density at radius 2 is 1.61 bits per heavy atom. The molecule has 4 nitrogen and oxygen atoms in total. The van der Waals surface area contributed by atoms with Crippen molar-refractivity contribution in [1.29, 1.82) is 0 Å². The molecule has 0 atom stereocenters. The normalized spacial score (nSPS) is 10.7. The van der Waals surface area contributed by atoms with Gasteiger partial charge < -0.3 is 5.11 Å². The summed E-state index contributed by atoms with van der Waals surface area (Å²) in [4.78, 5) is 11.6. The Balaban J connectivity index is 2.18. The van der Waals surface area contributed by atoms with E-state index >= 15 is 0 Å². The minimum absolute atomic E-state index is 0.157. The van der Waals surface area contributed by atoms with Crippen LogP contribution in [0.1, 0.15) is 27.2 Å². The first-order valence-electron chi connectivity index (χ1n) is 7.44. The van der Waals surface area contributed by atoms with Crippen LogP contribution in [0.3, 0.4) is 0 Å². The van der Waals surface area contributed by atoms with Crippen molar-refractivity contribution in [1.82, 2.24) is 9.78 Å². The molecular weight excluding hydrogens is 288 g/mol. The summed E-state index contributed by atoms with van der Waals surface area (Å²) in [5.41, 5.74) is 5.83. The number of nitrogens with zero attached hydrogens (tertiary/aromatic N) is 2. The van der Waals surface area contributed by atoms with Gasteiger partial charge in [-0.25, -0.2) is 9.48 Å². The summed E-state index contributed by atoms with van der Waals surface area (Å²) in [6.45, 7) is 6.00. The number of aromatic nitrogens is 2. The molecule has 0 spiro atoms. The van der Waals surface area contributed by atoms with E-state index in [9.17, 15) is 9.90 Å². The van der Waals surface area contributed by atoms with Crippen LogP contribution in [0, 0.1) is 20.8 Å². The van der Waals surface area contributed by atoms with E-state index < -0.39 is 5.97 Å². The monoisotopic (exact) mass is 306 g/mol. The van der Waals surface area contributed by atoms with E-state index in [0.717, 1.165) is 27.9 Å². The van der Waals surface area contributed by atoms with Crippen LogP contribution in [0.2, 0.25) is 0 Å². The molecule has 0 radical (unpaired) electrons. The molecule has 0 bridgehead atoms. The lowest BCUT2D eigenvalue weighted by Crippen LogP contribution is -2.07. The molecule has 3 aromatic rings. The highest BCUT2D eigenvalue weighted by Gasteiger charge is 2.17. The smallest absolute Gasteiger partial charge is 0.354 e. The molecular formula is C19H18N2O2. The molecule has 116 valence electrons. The van der Waals surface area contributed by atoms with Gasteiger partial charge in [0, 0.05) is 5.56 Å². The minimum atomic E-state index is -0.991. The van der Waals surface area contributed by atoms with Gasteiger partial charge in [-0.15, -0.1) is 0 Å². The van der Waals surface area contributed by atoms with Crippen molar-refractivity contribution < 1.29 is 9.90 Å². The number of aryl methyl sites for hydroxylation is 3. The Kier molecular flexibility index (Phi) is 3.74. The fourth-order valence-corrected chi connectivity index (χ4v) is 2.56. The van der Waals surface area contributed by atoms with Gasteiger partial charge in [-0.3, -0.25) is 0 Å². The second kappa shape index (κ2) is 5.72. The number of benzene rings is 2. The maximum atomic E-state index is 11.6. The van der Waals surface area contributed by atoms with Gasteiger partial charge >= 0.3 is 5.97 Å². The van der Waals surface area contributed by atoms with Gasteiger partial charge in [0.2, 0.25) is 0 Å². The van der Waals surface area contributed by atoms with Crippen LogP contribution in [0.15, 0.2) is 48.5 Å². The third kappa shape index (κ3) is 2.88. The van der Waals surface area contributed by atoms with Crippen molar-refractivity contribution in [2.75, 3.05) is 0 Å². The SMILES string of the molecule is Cc1ccc(-n2nc(-c3cc(C)ccc3C)cc2C(=O)O)cc1. The van der Waals surface area contributed by atoms with Crippen LogP contribution in [0.4, 0.5) is 0 Å². The molecule has 1 heterocycles. The minimum Gasteiger partial charge on any atom is -0.477 e. The highest BCUT2D eigenvalue weighted by Crippen LogP contribution is 2.26. The van der Waals surface area contributed by atoms with E-state index in [-0.39, 0.29) is 5.69 Å². The van der Waals surface area contributed by atoms with E-state index in [0.29, 0.717) is 5.69 Å². The van der Waals surface area contributed by atoms with Gasteiger partial charge in [0.25, 0.3) is 0 Å². The largest absolute Gasteiger partial charge is 0.477 e. The van der Waals surface area contributed by atoms with Crippen LogP contribution in [0.25, 0.3) is 16.9 Å². The summed E-state index contributed by atoms with van der Waals surface area (Å²) < 4.78 is 1.48. The van der Waals surface area contributed by atoms with Gasteiger partial charge in [-0.1, -0.05) is 35.4 Å². The van der Waals surface area contributed by atoms with Gasteiger partial charge in [-0.2, -0.15) is 5.10 Å². The van der Waals surface area contributed by atoms with Crippen LogP contribution in [0.5, 0.6) is 0 Å². The maximum absolute atomic E-state index is 11.6. The lowest BCUT2D eigenvalue weighted by atomic mass is 10.0. The van der Waals surface area contributed by atoms with E-state index in [4.69, 9.17) is 0 Å². The Morgan fingerprint density at radius 3 is 2.26 bits per heavy atom. The molecule has 0 amide bonds. The third-order valence-corrected chi connectivity index (χ3v) is 3.88. The highest BCUT2D eigenvalue weighted by molar-refractivity contribution is 5.88. The number of rotatable bonds is 3. The number of carboxylic acids is 1. The number of carboxylic acid groups (broad SMARTS) is 1. The van der Waals surface area contributed by atoms with E-state index in [2.05, 4.69) is 5.10 Å². The zero-order chi connectivity index (χ0) is 16.6. The van der Waals surface area contributed by atoms with Crippen LogP contribution in [-0.2, 0) is 0 Å². The second-order valence-electron chi connectivity index (χ2n) is 5.79. The molecule has 2 aromatic carbocycles. The van der Waals surface area contributed by atoms with Crippen LogP contribution >= 0.6 is 0 Å². The standard InChI is InChI=1S/C19H18N2O2/c1-12-5-8-15(9-6-12)21-18(19(22)23)11-17(20-21)16-10-13(2)4-7-14(16)3/h4-11H,1-3H3,(H,22,23). The first-order valence-corrected chi connectivity index (χ1v) is 7.44. The lowest BCUT2D eigenvalue weighted by molar-refractivity contribution is 0.0687. The van der Waals surface area contributed by atoms with E-state index in [1.807, 2.05) is 63.2 Å². The van der Waals surface area contributed by atoms with Gasteiger partial charge in [0.05, 0.1) is 11.4 Å². The Labute approximate surface area is 135 Å². The van der Waals surface area contributed by atoms with Gasteiger partial charge in [0.15, 0.2) is 5.69 Å². The Morgan fingerprint density at radius 1 is 0.957 bits per heavy atom. The molecule has 0 aliphatic heterocycles. The van der Waals surface area contributed by atoms with Crippen LogP contribution in [-0.4, -0.2) is 20.9 Å². The number of hydrogen-bond acceptors (Lipinski definition) is 2. The summed E-state index contributed by atoms with van der Waals surface area (Å²) in [5.74, 6) is -0.991.